The maximum Gasteiger partial charge on any atom is 0.254 e. The van der Waals surface area contributed by atoms with Gasteiger partial charge in [-0.2, -0.15) is 5.26 Å². The number of thiophene rings is 1. The highest BCUT2D eigenvalue weighted by Crippen LogP contribution is 2.42. The average Bonchev–Trinajstić information content (AvgIpc) is 3.37. The maximum absolute atomic E-state index is 13.3. The molecule has 2 heterocycles. The predicted molar refractivity (Wildman–Crippen MR) is 134 cm³/mol. The summed E-state index contributed by atoms with van der Waals surface area (Å²) < 4.78 is 0. The van der Waals surface area contributed by atoms with Gasteiger partial charge >= 0.3 is 0 Å². The third-order valence-electron chi connectivity index (χ3n) is 5.19. The van der Waals surface area contributed by atoms with Crippen LogP contribution < -0.4 is 10.6 Å². The highest BCUT2D eigenvalue weighted by Gasteiger charge is 2.35. The number of Topliss-reactive ketones (excluding diaryl/α,β-unsaturated/α-hetero) is 1. The van der Waals surface area contributed by atoms with Crippen molar-refractivity contribution in [1.82, 2.24) is 5.32 Å². The van der Waals surface area contributed by atoms with Crippen LogP contribution in [0.15, 0.2) is 100 Å². The lowest BCUT2D eigenvalue weighted by molar-refractivity contribution is -0.113. The monoisotopic (exact) mass is 471 g/mol. The fourth-order valence-electron chi connectivity index (χ4n) is 3.63. The third-order valence-corrected chi connectivity index (χ3v) is 7.15. The topological polar surface area (TPSA) is 82.0 Å². The van der Waals surface area contributed by atoms with Crippen LogP contribution in [0.25, 0.3) is 0 Å². The van der Waals surface area contributed by atoms with Crippen LogP contribution in [0, 0.1) is 11.3 Å². The molecule has 1 amide bonds. The van der Waals surface area contributed by atoms with Gasteiger partial charge in [0.2, 0.25) is 0 Å². The van der Waals surface area contributed by atoms with E-state index in [-0.39, 0.29) is 17.4 Å². The van der Waals surface area contributed by atoms with Crippen molar-refractivity contribution in [3.8, 4) is 6.07 Å². The number of nitriles is 1. The molecule has 33 heavy (non-hydrogen) atoms. The molecule has 4 rings (SSSR count). The van der Waals surface area contributed by atoms with Crippen molar-refractivity contribution in [3.63, 3.8) is 0 Å². The van der Waals surface area contributed by atoms with Gasteiger partial charge in [0.05, 0.1) is 28.3 Å². The Bertz CT molecular complexity index is 1260. The number of dihydropyridines is 1. The minimum atomic E-state index is -0.505. The Hall–Kier alpha value is -3.60. The van der Waals surface area contributed by atoms with Crippen molar-refractivity contribution in [1.29, 1.82) is 5.26 Å². The first-order valence-corrected chi connectivity index (χ1v) is 12.2. The average molecular weight is 472 g/mol. The lowest BCUT2D eigenvalue weighted by Gasteiger charge is -2.29. The number of para-hydroxylation sites is 1. The van der Waals surface area contributed by atoms with E-state index in [2.05, 4.69) is 16.7 Å². The molecule has 0 fully saturated rings. The zero-order valence-electron chi connectivity index (χ0n) is 17.9. The molecule has 0 saturated heterocycles. The van der Waals surface area contributed by atoms with Gasteiger partial charge in [-0.3, -0.25) is 9.59 Å². The molecule has 2 aromatic carbocycles. The molecule has 5 nitrogen and oxygen atoms in total. The Labute approximate surface area is 200 Å². The minimum Gasteiger partial charge on any atom is -0.353 e. The third kappa shape index (κ3) is 5.08. The van der Waals surface area contributed by atoms with Crippen LogP contribution in [-0.4, -0.2) is 17.4 Å². The lowest BCUT2D eigenvalue weighted by Crippen LogP contribution is -2.30. The number of amides is 1. The van der Waals surface area contributed by atoms with Crippen LogP contribution in [0.4, 0.5) is 5.69 Å². The molecule has 0 saturated carbocycles. The number of hydrogen-bond acceptors (Lipinski definition) is 6. The van der Waals surface area contributed by atoms with E-state index in [0.29, 0.717) is 33.1 Å². The van der Waals surface area contributed by atoms with E-state index in [9.17, 15) is 14.9 Å². The van der Waals surface area contributed by atoms with Gasteiger partial charge in [-0.05, 0) is 30.5 Å². The summed E-state index contributed by atoms with van der Waals surface area (Å²) in [6.07, 6.45) is 0. The van der Waals surface area contributed by atoms with Crippen LogP contribution in [0.5, 0.6) is 0 Å². The molecule has 1 aliphatic heterocycles. The van der Waals surface area contributed by atoms with Gasteiger partial charge in [-0.25, -0.2) is 0 Å². The van der Waals surface area contributed by atoms with Crippen molar-refractivity contribution in [2.45, 2.75) is 12.8 Å². The normalized spacial score (nSPS) is 15.6. The van der Waals surface area contributed by atoms with Gasteiger partial charge in [-0.15, -0.1) is 11.3 Å². The molecule has 0 bridgehead atoms. The van der Waals surface area contributed by atoms with Gasteiger partial charge in [0, 0.05) is 27.4 Å². The van der Waals surface area contributed by atoms with Crippen molar-refractivity contribution in [2.24, 2.45) is 0 Å². The minimum absolute atomic E-state index is 0.0193. The molecular weight excluding hydrogens is 450 g/mol. The molecular formula is C26H21N3O2S2. The standard InChI is InChI=1S/C26H21N3O2S2/c1-17-23(25(31)29-19-11-6-3-7-12-19)24(22-13-8-14-32-22)20(15-27)26(28-17)33-16-21(30)18-9-4-2-5-10-18/h2-14,24,28H,16H2,1H3,(H,29,31). The summed E-state index contributed by atoms with van der Waals surface area (Å²) in [6, 6.07) is 24.5. The number of hydrogen-bond donors (Lipinski definition) is 2. The van der Waals surface area contributed by atoms with Crippen molar-refractivity contribution in [2.75, 3.05) is 11.1 Å². The fraction of sp³-hybridized carbons (Fsp3) is 0.115. The molecule has 3 aromatic rings. The van der Waals surface area contributed by atoms with Gasteiger partial charge in [0.1, 0.15) is 0 Å². The quantitative estimate of drug-likeness (QED) is 0.432. The Kier molecular flexibility index (Phi) is 7.08. The molecule has 1 aromatic heterocycles. The highest BCUT2D eigenvalue weighted by atomic mass is 32.2. The molecule has 1 aliphatic rings. The van der Waals surface area contributed by atoms with Crippen LogP contribution in [0.3, 0.4) is 0 Å². The summed E-state index contributed by atoms with van der Waals surface area (Å²) in [5.41, 5.74) is 2.91. The SMILES string of the molecule is CC1=C(C(=O)Nc2ccccc2)C(c2cccs2)C(C#N)=C(SCC(=O)c2ccccc2)N1. The molecule has 0 radical (unpaired) electrons. The molecule has 2 N–H and O–H groups in total. The van der Waals surface area contributed by atoms with E-state index < -0.39 is 5.92 Å². The van der Waals surface area contributed by atoms with Crippen molar-refractivity contribution >= 4 is 40.5 Å². The number of allylic oxidation sites excluding steroid dienone is 2. The Morgan fingerprint density at radius 1 is 1.06 bits per heavy atom. The van der Waals surface area contributed by atoms with E-state index in [4.69, 9.17) is 0 Å². The van der Waals surface area contributed by atoms with Crippen LogP contribution in [0.1, 0.15) is 28.1 Å². The van der Waals surface area contributed by atoms with Gasteiger partial charge in [0.15, 0.2) is 5.78 Å². The van der Waals surface area contributed by atoms with Crippen LogP contribution in [0.2, 0.25) is 0 Å². The smallest absolute Gasteiger partial charge is 0.254 e. The molecule has 164 valence electrons. The second-order valence-corrected chi connectivity index (χ2v) is 9.33. The highest BCUT2D eigenvalue weighted by molar-refractivity contribution is 8.03. The van der Waals surface area contributed by atoms with Crippen molar-refractivity contribution < 1.29 is 9.59 Å². The summed E-state index contributed by atoms with van der Waals surface area (Å²) in [4.78, 5) is 26.8. The number of nitrogens with one attached hydrogen (secondary N) is 2. The van der Waals surface area contributed by atoms with Crippen molar-refractivity contribution in [3.05, 3.63) is 110 Å². The number of anilines is 1. The first-order valence-electron chi connectivity index (χ1n) is 10.3. The summed E-state index contributed by atoms with van der Waals surface area (Å²) in [5.74, 6) is -0.599. The van der Waals surface area contributed by atoms with Gasteiger partial charge in [0.25, 0.3) is 5.91 Å². The number of carbonyl (C=O) groups excluding carboxylic acids is 2. The molecule has 1 atom stereocenters. The van der Waals surface area contributed by atoms with Crippen LogP contribution in [-0.2, 0) is 4.79 Å². The summed E-state index contributed by atoms with van der Waals surface area (Å²) >= 11 is 2.79. The van der Waals surface area contributed by atoms with E-state index in [1.807, 2.05) is 73.0 Å². The van der Waals surface area contributed by atoms with E-state index in [1.54, 1.807) is 12.1 Å². The number of rotatable bonds is 7. The molecule has 7 heteroatoms. The maximum atomic E-state index is 13.3. The second-order valence-electron chi connectivity index (χ2n) is 7.36. The van der Waals surface area contributed by atoms with E-state index >= 15 is 0 Å². The van der Waals surface area contributed by atoms with Gasteiger partial charge in [-0.1, -0.05) is 66.4 Å². The van der Waals surface area contributed by atoms with Gasteiger partial charge < -0.3 is 10.6 Å². The largest absolute Gasteiger partial charge is 0.353 e. The number of ketones is 1. The second kappa shape index (κ2) is 10.3. The fourth-order valence-corrected chi connectivity index (χ4v) is 5.46. The van der Waals surface area contributed by atoms with E-state index in [1.165, 1.54) is 23.1 Å². The summed E-state index contributed by atoms with van der Waals surface area (Å²) in [6.45, 7) is 1.83. The predicted octanol–water partition coefficient (Wildman–Crippen LogP) is 5.70. The zero-order chi connectivity index (χ0) is 23.2. The lowest BCUT2D eigenvalue weighted by atomic mass is 9.86. The Morgan fingerprint density at radius 2 is 1.76 bits per heavy atom. The number of nitrogens with zero attached hydrogens (tertiary/aromatic N) is 1. The first kappa shape index (κ1) is 22.6. The summed E-state index contributed by atoms with van der Waals surface area (Å²) in [5, 5.41) is 18.8. The number of thioether (sulfide) groups is 1. The molecule has 0 aliphatic carbocycles. The Balaban J connectivity index is 1.64. The molecule has 0 spiro atoms. The van der Waals surface area contributed by atoms with Crippen LogP contribution >= 0.6 is 23.1 Å². The number of benzene rings is 2. The Morgan fingerprint density at radius 3 is 2.39 bits per heavy atom. The first-order chi connectivity index (χ1) is 16.1. The summed E-state index contributed by atoms with van der Waals surface area (Å²) in [7, 11) is 0. The zero-order valence-corrected chi connectivity index (χ0v) is 19.5. The molecule has 1 unspecified atom stereocenters. The van der Waals surface area contributed by atoms with E-state index in [0.717, 1.165) is 4.88 Å². The number of carbonyl (C=O) groups is 2.